The van der Waals surface area contributed by atoms with Crippen LogP contribution in [-0.2, 0) is 4.79 Å². The number of hydrogen-bond donors (Lipinski definition) is 0. The summed E-state index contributed by atoms with van der Waals surface area (Å²) in [6, 6.07) is 1.11. The molecule has 0 amide bonds. The lowest BCUT2D eigenvalue weighted by atomic mass is 9.87. The molecule has 2 unspecified atom stereocenters. The number of carbonyl (C=O) groups is 1. The SMILES string of the molecule is CCC(C)(CC)N1C2CCC1CC(=O)C2. The van der Waals surface area contributed by atoms with E-state index in [0.717, 1.165) is 12.8 Å². The Morgan fingerprint density at radius 2 is 1.67 bits per heavy atom. The Morgan fingerprint density at radius 3 is 2.07 bits per heavy atom. The van der Waals surface area contributed by atoms with Crippen LogP contribution in [0.3, 0.4) is 0 Å². The molecular formula is C13H23NO. The van der Waals surface area contributed by atoms with Gasteiger partial charge in [-0.25, -0.2) is 0 Å². The van der Waals surface area contributed by atoms with Gasteiger partial charge in [-0.2, -0.15) is 0 Å². The first-order valence-electron chi connectivity index (χ1n) is 6.41. The molecule has 0 N–H and O–H groups in total. The summed E-state index contributed by atoms with van der Waals surface area (Å²) in [5.74, 6) is 0.494. The van der Waals surface area contributed by atoms with Crippen molar-refractivity contribution in [3.8, 4) is 0 Å². The van der Waals surface area contributed by atoms with E-state index in [1.807, 2.05) is 0 Å². The molecule has 0 aromatic carbocycles. The van der Waals surface area contributed by atoms with E-state index in [9.17, 15) is 4.79 Å². The third kappa shape index (κ3) is 1.73. The maximum Gasteiger partial charge on any atom is 0.136 e. The third-order valence-corrected chi connectivity index (χ3v) is 4.69. The number of nitrogens with zero attached hydrogens (tertiary/aromatic N) is 1. The van der Waals surface area contributed by atoms with Crippen molar-refractivity contribution in [3.63, 3.8) is 0 Å². The van der Waals surface area contributed by atoms with E-state index in [1.54, 1.807) is 0 Å². The normalized spacial score (nSPS) is 32.3. The van der Waals surface area contributed by atoms with E-state index in [0.29, 0.717) is 23.4 Å². The van der Waals surface area contributed by atoms with Gasteiger partial charge < -0.3 is 0 Å². The van der Waals surface area contributed by atoms with Crippen molar-refractivity contribution in [1.29, 1.82) is 0 Å². The second-order valence-corrected chi connectivity index (χ2v) is 5.44. The molecule has 86 valence electrons. The molecule has 2 heteroatoms. The highest BCUT2D eigenvalue weighted by molar-refractivity contribution is 5.81. The molecule has 0 aromatic rings. The quantitative estimate of drug-likeness (QED) is 0.712. The number of fused-ring (bicyclic) bond motifs is 2. The van der Waals surface area contributed by atoms with Crippen molar-refractivity contribution in [2.45, 2.75) is 76.9 Å². The van der Waals surface area contributed by atoms with Crippen LogP contribution >= 0.6 is 0 Å². The lowest BCUT2D eigenvalue weighted by Gasteiger charge is -2.47. The molecule has 15 heavy (non-hydrogen) atoms. The number of piperidine rings is 1. The van der Waals surface area contributed by atoms with E-state index in [4.69, 9.17) is 0 Å². The fourth-order valence-corrected chi connectivity index (χ4v) is 3.47. The fourth-order valence-electron chi connectivity index (χ4n) is 3.47. The van der Waals surface area contributed by atoms with Crippen molar-refractivity contribution >= 4 is 5.78 Å². The van der Waals surface area contributed by atoms with E-state index in [-0.39, 0.29) is 0 Å². The first kappa shape index (κ1) is 11.1. The molecule has 2 fully saturated rings. The first-order valence-corrected chi connectivity index (χ1v) is 6.41. The summed E-state index contributed by atoms with van der Waals surface area (Å²) in [6.45, 7) is 6.92. The van der Waals surface area contributed by atoms with Crippen LogP contribution in [-0.4, -0.2) is 28.3 Å². The molecule has 2 bridgehead atoms. The lowest BCUT2D eigenvalue weighted by molar-refractivity contribution is -0.126. The second-order valence-electron chi connectivity index (χ2n) is 5.44. The van der Waals surface area contributed by atoms with Gasteiger partial charge in [-0.3, -0.25) is 9.69 Å². The minimum absolute atomic E-state index is 0.326. The number of ketones is 1. The lowest BCUT2D eigenvalue weighted by Crippen LogP contribution is -2.55. The van der Waals surface area contributed by atoms with Crippen LogP contribution in [0.25, 0.3) is 0 Å². The third-order valence-electron chi connectivity index (χ3n) is 4.69. The molecule has 0 aromatic heterocycles. The van der Waals surface area contributed by atoms with Gasteiger partial charge in [0.15, 0.2) is 0 Å². The van der Waals surface area contributed by atoms with Gasteiger partial charge in [0, 0.05) is 30.5 Å². The zero-order chi connectivity index (χ0) is 11.1. The topological polar surface area (TPSA) is 20.3 Å². The van der Waals surface area contributed by atoms with Gasteiger partial charge in [-0.1, -0.05) is 13.8 Å². The monoisotopic (exact) mass is 209 g/mol. The van der Waals surface area contributed by atoms with Crippen LogP contribution in [0.5, 0.6) is 0 Å². The van der Waals surface area contributed by atoms with Crippen LogP contribution in [0.4, 0.5) is 0 Å². The van der Waals surface area contributed by atoms with Crippen molar-refractivity contribution in [3.05, 3.63) is 0 Å². The molecule has 2 aliphatic heterocycles. The van der Waals surface area contributed by atoms with E-state index in [1.165, 1.54) is 25.7 Å². The molecule has 0 saturated carbocycles. The average molecular weight is 209 g/mol. The molecule has 0 aliphatic carbocycles. The summed E-state index contributed by atoms with van der Waals surface area (Å²) in [6.07, 6.45) is 6.51. The Balaban J connectivity index is 2.20. The molecule has 0 radical (unpaired) electrons. The maximum absolute atomic E-state index is 11.5. The molecule has 0 spiro atoms. The van der Waals surface area contributed by atoms with Crippen LogP contribution in [0.15, 0.2) is 0 Å². The maximum atomic E-state index is 11.5. The summed E-state index contributed by atoms with van der Waals surface area (Å²) >= 11 is 0. The van der Waals surface area contributed by atoms with E-state index < -0.39 is 0 Å². The Kier molecular flexibility index (Phi) is 2.89. The number of rotatable bonds is 3. The van der Waals surface area contributed by atoms with Gasteiger partial charge in [0.05, 0.1) is 0 Å². The minimum atomic E-state index is 0.326. The molecule has 2 aliphatic rings. The Morgan fingerprint density at radius 1 is 1.20 bits per heavy atom. The number of carbonyl (C=O) groups excluding carboxylic acids is 1. The van der Waals surface area contributed by atoms with Gasteiger partial charge >= 0.3 is 0 Å². The van der Waals surface area contributed by atoms with E-state index in [2.05, 4.69) is 25.7 Å². The van der Waals surface area contributed by atoms with Crippen LogP contribution in [0.2, 0.25) is 0 Å². The van der Waals surface area contributed by atoms with Gasteiger partial charge in [0.2, 0.25) is 0 Å². The summed E-state index contributed by atoms with van der Waals surface area (Å²) in [4.78, 5) is 14.2. The summed E-state index contributed by atoms with van der Waals surface area (Å²) < 4.78 is 0. The van der Waals surface area contributed by atoms with Gasteiger partial charge in [-0.05, 0) is 32.6 Å². The van der Waals surface area contributed by atoms with Gasteiger partial charge in [0.25, 0.3) is 0 Å². The average Bonchev–Trinajstić information content (AvgIpc) is 2.51. The van der Waals surface area contributed by atoms with Crippen LogP contribution in [0.1, 0.15) is 59.3 Å². The Bertz CT molecular complexity index is 241. The molecular weight excluding hydrogens is 186 g/mol. The largest absolute Gasteiger partial charge is 0.300 e. The molecule has 2 heterocycles. The summed E-state index contributed by atoms with van der Waals surface area (Å²) in [7, 11) is 0. The Hall–Kier alpha value is -0.370. The van der Waals surface area contributed by atoms with Crippen molar-refractivity contribution in [2.24, 2.45) is 0 Å². The van der Waals surface area contributed by atoms with Crippen LogP contribution in [0, 0.1) is 0 Å². The first-order chi connectivity index (χ1) is 7.10. The highest BCUT2D eigenvalue weighted by Crippen LogP contribution is 2.41. The highest BCUT2D eigenvalue weighted by Gasteiger charge is 2.46. The van der Waals surface area contributed by atoms with E-state index >= 15 is 0 Å². The van der Waals surface area contributed by atoms with Crippen molar-refractivity contribution in [2.75, 3.05) is 0 Å². The van der Waals surface area contributed by atoms with Crippen molar-refractivity contribution < 1.29 is 4.79 Å². The zero-order valence-electron chi connectivity index (χ0n) is 10.3. The minimum Gasteiger partial charge on any atom is -0.300 e. The van der Waals surface area contributed by atoms with Crippen LogP contribution < -0.4 is 0 Å². The van der Waals surface area contributed by atoms with Gasteiger partial charge in [0.1, 0.15) is 5.78 Å². The molecule has 2 saturated heterocycles. The predicted molar refractivity (Wildman–Crippen MR) is 61.9 cm³/mol. The number of hydrogen-bond acceptors (Lipinski definition) is 2. The number of Topliss-reactive ketones (excluding diaryl/α,β-unsaturated/α-hetero) is 1. The highest BCUT2D eigenvalue weighted by atomic mass is 16.1. The molecule has 2 atom stereocenters. The summed E-state index contributed by atoms with van der Waals surface area (Å²) in [5, 5.41) is 0. The fraction of sp³-hybridized carbons (Fsp3) is 0.923. The van der Waals surface area contributed by atoms with Crippen molar-refractivity contribution in [1.82, 2.24) is 4.90 Å². The smallest absolute Gasteiger partial charge is 0.136 e. The zero-order valence-corrected chi connectivity index (χ0v) is 10.3. The Labute approximate surface area is 93.0 Å². The summed E-state index contributed by atoms with van der Waals surface area (Å²) in [5.41, 5.74) is 0.326. The second kappa shape index (κ2) is 3.89. The molecule has 2 rings (SSSR count). The predicted octanol–water partition coefficient (Wildman–Crippen LogP) is 2.76. The standard InChI is InChI=1S/C13H23NO/c1-4-13(3,5-2)14-10-6-7-11(14)9-12(15)8-10/h10-11H,4-9H2,1-3H3. The molecule has 2 nitrogen and oxygen atoms in total. The van der Waals surface area contributed by atoms with Gasteiger partial charge in [-0.15, -0.1) is 0 Å².